The molecule has 2 heterocycles. The number of carboxylic acid groups (broad SMARTS) is 2. The van der Waals surface area contributed by atoms with Crippen LogP contribution < -0.4 is 0 Å². The molecule has 102 valence electrons. The lowest BCUT2D eigenvalue weighted by molar-refractivity contribution is -0.945. The van der Waals surface area contributed by atoms with Gasteiger partial charge in [-0.05, 0) is 0 Å². The summed E-state index contributed by atoms with van der Waals surface area (Å²) in [5.74, 6) is -2.44. The van der Waals surface area contributed by atoms with Crippen molar-refractivity contribution in [1.29, 1.82) is 0 Å². The van der Waals surface area contributed by atoms with Gasteiger partial charge in [0, 0.05) is 6.42 Å². The number of hydrogen-bond donors (Lipinski definition) is 2. The zero-order chi connectivity index (χ0) is 13.4. The number of morpholine rings is 1. The monoisotopic (exact) mass is 322 g/mol. The molecule has 2 N–H and O–H groups in total. The van der Waals surface area contributed by atoms with Crippen LogP contribution in [0, 0.1) is 5.41 Å². The van der Waals surface area contributed by atoms with Crippen LogP contribution in [0.3, 0.4) is 0 Å². The molecule has 2 saturated heterocycles. The van der Waals surface area contributed by atoms with Gasteiger partial charge < -0.3 is 19.4 Å². The molecular weight excluding hydrogens is 306 g/mol. The maximum Gasteiger partial charge on any atom is 0.327 e. The third kappa shape index (κ3) is 1.94. The first-order valence-electron chi connectivity index (χ1n) is 5.93. The standard InChI is InChI=1S/C11H16BrNO5/c12-6-8-5-11(9(14)15,10(16)17)7-13(8)1-3-18-4-2-13/h8H,1-7H2,(H-,14,15,16,17)/p+1. The Kier molecular flexibility index (Phi) is 3.66. The summed E-state index contributed by atoms with van der Waals surface area (Å²) in [6, 6.07) is 0.0288. The molecule has 1 unspecified atom stereocenters. The van der Waals surface area contributed by atoms with Crippen molar-refractivity contribution in [3.63, 3.8) is 0 Å². The molecule has 1 spiro atoms. The van der Waals surface area contributed by atoms with E-state index in [0.717, 1.165) is 0 Å². The van der Waals surface area contributed by atoms with E-state index in [1.807, 2.05) is 0 Å². The second kappa shape index (κ2) is 4.79. The summed E-state index contributed by atoms with van der Waals surface area (Å²) in [6.07, 6.45) is 0.183. The number of carbonyl (C=O) groups is 2. The molecule has 0 aromatic heterocycles. The Morgan fingerprint density at radius 1 is 1.28 bits per heavy atom. The molecule has 0 aromatic rings. The van der Waals surface area contributed by atoms with Gasteiger partial charge in [0.15, 0.2) is 0 Å². The smallest absolute Gasteiger partial charge is 0.327 e. The lowest BCUT2D eigenvalue weighted by atomic mass is 9.86. The predicted octanol–water partition coefficient (Wildman–Crippen LogP) is 0.156. The van der Waals surface area contributed by atoms with Crippen molar-refractivity contribution in [3.8, 4) is 0 Å². The van der Waals surface area contributed by atoms with E-state index >= 15 is 0 Å². The Bertz CT molecular complexity index is 352. The van der Waals surface area contributed by atoms with Gasteiger partial charge in [0.1, 0.15) is 25.7 Å². The molecule has 2 aliphatic heterocycles. The number of ether oxygens (including phenoxy) is 1. The number of nitrogens with zero attached hydrogens (tertiary/aromatic N) is 1. The van der Waals surface area contributed by atoms with Crippen LogP contribution >= 0.6 is 15.9 Å². The van der Waals surface area contributed by atoms with E-state index in [1.165, 1.54) is 0 Å². The Hall–Kier alpha value is -0.660. The molecule has 0 aliphatic carbocycles. The Labute approximate surface area is 113 Å². The summed E-state index contributed by atoms with van der Waals surface area (Å²) >= 11 is 3.39. The van der Waals surface area contributed by atoms with Gasteiger partial charge >= 0.3 is 11.9 Å². The van der Waals surface area contributed by atoms with E-state index in [0.29, 0.717) is 36.1 Å². The summed E-state index contributed by atoms with van der Waals surface area (Å²) < 4.78 is 5.86. The number of aliphatic carboxylic acids is 2. The molecule has 0 saturated carbocycles. The van der Waals surface area contributed by atoms with E-state index in [2.05, 4.69) is 15.9 Å². The van der Waals surface area contributed by atoms with Crippen LogP contribution in [0.25, 0.3) is 0 Å². The van der Waals surface area contributed by atoms with Gasteiger partial charge in [-0.2, -0.15) is 0 Å². The Balaban J connectivity index is 2.34. The predicted molar refractivity (Wildman–Crippen MR) is 65.6 cm³/mol. The van der Waals surface area contributed by atoms with Crippen LogP contribution in [0.15, 0.2) is 0 Å². The highest BCUT2D eigenvalue weighted by molar-refractivity contribution is 9.09. The molecule has 7 heteroatoms. The maximum atomic E-state index is 11.4. The van der Waals surface area contributed by atoms with Crippen LogP contribution in [0.5, 0.6) is 0 Å². The normalized spacial score (nSPS) is 29.3. The minimum atomic E-state index is -1.64. The average molecular weight is 323 g/mol. The molecule has 1 atom stereocenters. The van der Waals surface area contributed by atoms with Crippen LogP contribution in [-0.2, 0) is 14.3 Å². The SMILES string of the molecule is O=C(O)C1(C(=O)O)CC(CBr)[N+]2(CCOCC2)C1. The first-order valence-corrected chi connectivity index (χ1v) is 7.05. The highest BCUT2D eigenvalue weighted by Gasteiger charge is 2.63. The average Bonchev–Trinajstić information content (AvgIpc) is 2.66. The van der Waals surface area contributed by atoms with Crippen molar-refractivity contribution < 1.29 is 29.0 Å². The molecule has 0 aromatic carbocycles. The van der Waals surface area contributed by atoms with Crippen molar-refractivity contribution in [3.05, 3.63) is 0 Å². The number of quaternary nitrogens is 1. The van der Waals surface area contributed by atoms with E-state index in [9.17, 15) is 19.8 Å². The van der Waals surface area contributed by atoms with Crippen molar-refractivity contribution in [1.82, 2.24) is 0 Å². The van der Waals surface area contributed by atoms with Crippen molar-refractivity contribution in [2.45, 2.75) is 12.5 Å². The van der Waals surface area contributed by atoms with Gasteiger partial charge in [-0.3, -0.25) is 9.59 Å². The second-order valence-electron chi connectivity index (χ2n) is 5.14. The fourth-order valence-corrected chi connectivity index (χ4v) is 4.00. The molecular formula is C11H17BrNO5+. The Morgan fingerprint density at radius 2 is 1.83 bits per heavy atom. The molecule has 6 nitrogen and oxygen atoms in total. The van der Waals surface area contributed by atoms with Gasteiger partial charge in [-0.1, -0.05) is 15.9 Å². The van der Waals surface area contributed by atoms with Crippen LogP contribution in [0.1, 0.15) is 6.42 Å². The lowest BCUT2D eigenvalue weighted by Gasteiger charge is -2.42. The topological polar surface area (TPSA) is 83.8 Å². The lowest BCUT2D eigenvalue weighted by Crippen LogP contribution is -2.59. The summed E-state index contributed by atoms with van der Waals surface area (Å²) in [5.41, 5.74) is -1.64. The molecule has 2 fully saturated rings. The summed E-state index contributed by atoms with van der Waals surface area (Å²) in [7, 11) is 0. The van der Waals surface area contributed by atoms with Gasteiger partial charge in [0.05, 0.1) is 18.5 Å². The second-order valence-corrected chi connectivity index (χ2v) is 5.79. The van der Waals surface area contributed by atoms with Gasteiger partial charge in [0.2, 0.25) is 5.41 Å². The first-order chi connectivity index (χ1) is 8.47. The number of hydrogen-bond acceptors (Lipinski definition) is 3. The fraction of sp³-hybridized carbons (Fsp3) is 0.818. The summed E-state index contributed by atoms with van der Waals surface area (Å²) in [4.78, 5) is 22.8. The summed E-state index contributed by atoms with van der Waals surface area (Å²) in [6.45, 7) is 2.69. The van der Waals surface area contributed by atoms with Crippen molar-refractivity contribution in [2.75, 3.05) is 38.2 Å². The maximum absolute atomic E-state index is 11.4. The van der Waals surface area contributed by atoms with Crippen LogP contribution in [0.2, 0.25) is 0 Å². The van der Waals surface area contributed by atoms with Crippen molar-refractivity contribution in [2.24, 2.45) is 5.41 Å². The number of alkyl halides is 1. The van der Waals surface area contributed by atoms with E-state index in [-0.39, 0.29) is 19.0 Å². The number of halogens is 1. The first kappa shape index (κ1) is 13.8. The minimum absolute atomic E-state index is 0.0288. The van der Waals surface area contributed by atoms with E-state index in [4.69, 9.17) is 4.74 Å². The Morgan fingerprint density at radius 3 is 2.28 bits per heavy atom. The van der Waals surface area contributed by atoms with Gasteiger partial charge in [-0.15, -0.1) is 0 Å². The van der Waals surface area contributed by atoms with Crippen molar-refractivity contribution >= 4 is 27.9 Å². The molecule has 0 radical (unpaired) electrons. The molecule has 0 bridgehead atoms. The molecule has 18 heavy (non-hydrogen) atoms. The molecule has 0 amide bonds. The van der Waals surface area contributed by atoms with Gasteiger partial charge in [0.25, 0.3) is 0 Å². The third-order valence-corrected chi connectivity index (χ3v) is 5.05. The molecule has 2 rings (SSSR count). The van der Waals surface area contributed by atoms with E-state index in [1.54, 1.807) is 0 Å². The zero-order valence-electron chi connectivity index (χ0n) is 9.97. The molecule has 2 aliphatic rings. The minimum Gasteiger partial charge on any atom is -0.480 e. The fourth-order valence-electron chi connectivity index (χ4n) is 3.16. The largest absolute Gasteiger partial charge is 0.480 e. The number of rotatable bonds is 3. The van der Waals surface area contributed by atoms with Gasteiger partial charge in [-0.25, -0.2) is 0 Å². The van der Waals surface area contributed by atoms with E-state index < -0.39 is 17.4 Å². The number of carboxylic acids is 2. The summed E-state index contributed by atoms with van der Waals surface area (Å²) in [5, 5.41) is 19.3. The highest BCUT2D eigenvalue weighted by Crippen LogP contribution is 2.42. The zero-order valence-corrected chi connectivity index (χ0v) is 11.6. The van der Waals surface area contributed by atoms with Crippen LogP contribution in [-0.4, -0.2) is 70.9 Å². The third-order valence-electron chi connectivity index (χ3n) is 4.30. The highest BCUT2D eigenvalue weighted by atomic mass is 79.9. The quantitative estimate of drug-likeness (QED) is 0.439. The van der Waals surface area contributed by atoms with Crippen LogP contribution in [0.4, 0.5) is 0 Å².